The molecule has 0 radical (unpaired) electrons. The van der Waals surface area contributed by atoms with E-state index in [1.165, 1.54) is 0 Å². The number of hydrogen-bond acceptors (Lipinski definition) is 5. The van der Waals surface area contributed by atoms with Crippen LogP contribution in [0, 0.1) is 0 Å². The molecule has 164 valence electrons. The zero-order valence-corrected chi connectivity index (χ0v) is 20.0. The fourth-order valence-electron chi connectivity index (χ4n) is 3.09. The van der Waals surface area contributed by atoms with Gasteiger partial charge >= 0.3 is 6.09 Å². The van der Waals surface area contributed by atoms with Gasteiger partial charge in [0.2, 0.25) is 0 Å². The standard InChI is InChI=1S/C20H32N4O4.HI/c1-5-27-17-8-7-15(13-18(17)26-4)14-22-19(21-3)23-16-9-11-24(12-10-16)20(25)28-6-2;/h7-8,13,16H,5-6,9-12,14H2,1-4H3,(H2,21,22,23);1H. The molecule has 1 saturated heterocycles. The number of benzene rings is 1. The highest BCUT2D eigenvalue weighted by Crippen LogP contribution is 2.27. The Hall–Kier alpha value is -1.91. The Morgan fingerprint density at radius 1 is 1.21 bits per heavy atom. The number of nitrogens with one attached hydrogen (secondary N) is 2. The molecule has 1 heterocycles. The summed E-state index contributed by atoms with van der Waals surface area (Å²) in [4.78, 5) is 17.8. The van der Waals surface area contributed by atoms with Gasteiger partial charge in [0.25, 0.3) is 0 Å². The molecule has 1 aliphatic rings. The highest BCUT2D eigenvalue weighted by Gasteiger charge is 2.24. The van der Waals surface area contributed by atoms with Gasteiger partial charge in [-0.25, -0.2) is 4.79 Å². The molecule has 1 amide bonds. The van der Waals surface area contributed by atoms with Crippen LogP contribution in [0.15, 0.2) is 23.2 Å². The van der Waals surface area contributed by atoms with Gasteiger partial charge in [0.15, 0.2) is 17.5 Å². The highest BCUT2D eigenvalue weighted by molar-refractivity contribution is 14.0. The number of carbonyl (C=O) groups is 1. The fourth-order valence-corrected chi connectivity index (χ4v) is 3.09. The van der Waals surface area contributed by atoms with Gasteiger partial charge in [-0.3, -0.25) is 4.99 Å². The summed E-state index contributed by atoms with van der Waals surface area (Å²) in [5, 5.41) is 6.76. The maximum absolute atomic E-state index is 11.8. The van der Waals surface area contributed by atoms with Crippen LogP contribution in [0.25, 0.3) is 0 Å². The average molecular weight is 520 g/mol. The molecule has 1 aromatic rings. The minimum Gasteiger partial charge on any atom is -0.493 e. The zero-order chi connectivity index (χ0) is 20.4. The van der Waals surface area contributed by atoms with Gasteiger partial charge in [0.1, 0.15) is 0 Å². The lowest BCUT2D eigenvalue weighted by atomic mass is 10.1. The van der Waals surface area contributed by atoms with Crippen molar-refractivity contribution in [2.24, 2.45) is 4.99 Å². The Kier molecular flexibility index (Phi) is 11.6. The number of amides is 1. The molecule has 0 saturated carbocycles. The number of methoxy groups -OCH3 is 1. The number of rotatable bonds is 7. The Bertz CT molecular complexity index is 664. The highest BCUT2D eigenvalue weighted by atomic mass is 127. The molecule has 2 N–H and O–H groups in total. The van der Waals surface area contributed by atoms with Crippen molar-refractivity contribution in [3.63, 3.8) is 0 Å². The summed E-state index contributed by atoms with van der Waals surface area (Å²) < 4.78 is 16.0. The van der Waals surface area contributed by atoms with Crippen molar-refractivity contribution >= 4 is 36.0 Å². The molecule has 2 rings (SSSR count). The second kappa shape index (κ2) is 13.3. The molecule has 29 heavy (non-hydrogen) atoms. The number of nitrogens with zero attached hydrogens (tertiary/aromatic N) is 2. The van der Waals surface area contributed by atoms with Crippen molar-refractivity contribution in [2.75, 3.05) is 40.5 Å². The van der Waals surface area contributed by atoms with E-state index < -0.39 is 0 Å². The van der Waals surface area contributed by atoms with Gasteiger partial charge in [-0.1, -0.05) is 6.07 Å². The maximum Gasteiger partial charge on any atom is 0.409 e. The molecule has 0 spiro atoms. The largest absolute Gasteiger partial charge is 0.493 e. The lowest BCUT2D eigenvalue weighted by Crippen LogP contribution is -2.49. The normalized spacial score (nSPS) is 14.6. The number of guanidine groups is 1. The van der Waals surface area contributed by atoms with E-state index in [1.54, 1.807) is 19.1 Å². The lowest BCUT2D eigenvalue weighted by molar-refractivity contribution is 0.0963. The third-order valence-corrected chi connectivity index (χ3v) is 4.57. The molecule has 0 bridgehead atoms. The van der Waals surface area contributed by atoms with Crippen LogP contribution in [-0.2, 0) is 11.3 Å². The first kappa shape index (κ1) is 25.1. The number of likely N-dealkylation sites (tertiary alicyclic amines) is 1. The summed E-state index contributed by atoms with van der Waals surface area (Å²) in [5.41, 5.74) is 1.07. The van der Waals surface area contributed by atoms with E-state index >= 15 is 0 Å². The number of ether oxygens (including phenoxy) is 3. The molecule has 0 unspecified atom stereocenters. The van der Waals surface area contributed by atoms with Crippen LogP contribution in [0.2, 0.25) is 0 Å². The molecule has 1 fully saturated rings. The van der Waals surface area contributed by atoms with Gasteiger partial charge in [0.05, 0.1) is 20.3 Å². The van der Waals surface area contributed by atoms with Crippen molar-refractivity contribution in [2.45, 2.75) is 39.3 Å². The Morgan fingerprint density at radius 2 is 1.93 bits per heavy atom. The zero-order valence-electron chi connectivity index (χ0n) is 17.7. The molecule has 0 aliphatic carbocycles. The predicted molar refractivity (Wildman–Crippen MR) is 125 cm³/mol. The topological polar surface area (TPSA) is 84.4 Å². The van der Waals surface area contributed by atoms with Gasteiger partial charge in [-0.05, 0) is 44.4 Å². The van der Waals surface area contributed by atoms with Crippen LogP contribution in [-0.4, -0.2) is 63.5 Å². The van der Waals surface area contributed by atoms with Crippen molar-refractivity contribution in [3.05, 3.63) is 23.8 Å². The monoisotopic (exact) mass is 520 g/mol. The van der Waals surface area contributed by atoms with Crippen LogP contribution in [0.1, 0.15) is 32.3 Å². The van der Waals surface area contributed by atoms with Crippen molar-refractivity contribution < 1.29 is 19.0 Å². The molecule has 8 nitrogen and oxygen atoms in total. The van der Waals surface area contributed by atoms with E-state index in [0.29, 0.717) is 32.8 Å². The number of hydrogen-bond donors (Lipinski definition) is 2. The van der Waals surface area contributed by atoms with Gasteiger partial charge in [-0.2, -0.15) is 0 Å². The number of carbonyl (C=O) groups excluding carboxylic acids is 1. The first-order chi connectivity index (χ1) is 13.6. The molecule has 1 aliphatic heterocycles. The van der Waals surface area contributed by atoms with E-state index in [2.05, 4.69) is 15.6 Å². The summed E-state index contributed by atoms with van der Waals surface area (Å²) in [6, 6.07) is 6.15. The molecule has 0 atom stereocenters. The fraction of sp³-hybridized carbons (Fsp3) is 0.600. The van der Waals surface area contributed by atoms with Crippen LogP contribution in [0.4, 0.5) is 4.79 Å². The van der Waals surface area contributed by atoms with Crippen molar-refractivity contribution in [1.82, 2.24) is 15.5 Å². The first-order valence-electron chi connectivity index (χ1n) is 9.79. The van der Waals surface area contributed by atoms with Crippen LogP contribution in [0.5, 0.6) is 11.5 Å². The Balaban J connectivity index is 0.00000420. The van der Waals surface area contributed by atoms with E-state index in [9.17, 15) is 4.79 Å². The second-order valence-corrected chi connectivity index (χ2v) is 6.45. The number of halogens is 1. The minimum atomic E-state index is -0.229. The third kappa shape index (κ3) is 7.79. The third-order valence-electron chi connectivity index (χ3n) is 4.57. The second-order valence-electron chi connectivity index (χ2n) is 6.45. The van der Waals surface area contributed by atoms with E-state index in [0.717, 1.165) is 35.9 Å². The number of piperidine rings is 1. The van der Waals surface area contributed by atoms with Crippen LogP contribution < -0.4 is 20.1 Å². The van der Waals surface area contributed by atoms with Gasteiger partial charge in [-0.15, -0.1) is 24.0 Å². The molecular weight excluding hydrogens is 487 g/mol. The summed E-state index contributed by atoms with van der Waals surface area (Å²) in [6.07, 6.45) is 1.49. The average Bonchev–Trinajstić information content (AvgIpc) is 2.72. The van der Waals surface area contributed by atoms with E-state index in [1.807, 2.05) is 32.0 Å². The summed E-state index contributed by atoms with van der Waals surface area (Å²) in [5.74, 6) is 2.20. The smallest absolute Gasteiger partial charge is 0.409 e. The lowest BCUT2D eigenvalue weighted by Gasteiger charge is -2.32. The summed E-state index contributed by atoms with van der Waals surface area (Å²) >= 11 is 0. The molecule has 9 heteroatoms. The number of aliphatic imine (C=N–C) groups is 1. The van der Waals surface area contributed by atoms with E-state index in [4.69, 9.17) is 14.2 Å². The van der Waals surface area contributed by atoms with Crippen molar-refractivity contribution in [3.8, 4) is 11.5 Å². The van der Waals surface area contributed by atoms with Crippen molar-refractivity contribution in [1.29, 1.82) is 0 Å². The predicted octanol–water partition coefficient (Wildman–Crippen LogP) is 3.00. The minimum absolute atomic E-state index is 0. The summed E-state index contributed by atoms with van der Waals surface area (Å²) in [7, 11) is 3.39. The van der Waals surface area contributed by atoms with E-state index in [-0.39, 0.29) is 36.1 Å². The summed E-state index contributed by atoms with van der Waals surface area (Å²) in [6.45, 7) is 6.75. The molecule has 0 aromatic heterocycles. The quantitative estimate of drug-likeness (QED) is 0.327. The SMILES string of the molecule is CCOC(=O)N1CCC(NC(=NC)NCc2ccc(OCC)c(OC)c2)CC1.I. The maximum atomic E-state index is 11.8. The molecule has 1 aromatic carbocycles. The first-order valence-corrected chi connectivity index (χ1v) is 9.79. The van der Waals surface area contributed by atoms with Gasteiger partial charge in [0, 0.05) is 32.7 Å². The van der Waals surface area contributed by atoms with Crippen LogP contribution >= 0.6 is 24.0 Å². The van der Waals surface area contributed by atoms with Gasteiger partial charge < -0.3 is 29.7 Å². The van der Waals surface area contributed by atoms with Crippen LogP contribution in [0.3, 0.4) is 0 Å². The Labute approximate surface area is 190 Å². The molecular formula is C20H33IN4O4. The Morgan fingerprint density at radius 3 is 2.52 bits per heavy atom.